The van der Waals surface area contributed by atoms with E-state index in [9.17, 15) is 8.78 Å². The van der Waals surface area contributed by atoms with Crippen molar-refractivity contribution in [3.63, 3.8) is 0 Å². The van der Waals surface area contributed by atoms with Crippen molar-refractivity contribution >= 4 is 0 Å². The largest absolute Gasteiger partial charge is 0.306 e. The van der Waals surface area contributed by atoms with E-state index in [2.05, 4.69) is 17.1 Å². The highest BCUT2D eigenvalue weighted by molar-refractivity contribution is 5.21. The molecule has 1 aliphatic heterocycles. The van der Waals surface area contributed by atoms with Gasteiger partial charge in [-0.2, -0.15) is 0 Å². The van der Waals surface area contributed by atoms with E-state index in [1.54, 1.807) is 0 Å². The summed E-state index contributed by atoms with van der Waals surface area (Å²) in [6, 6.07) is 3.94. The summed E-state index contributed by atoms with van der Waals surface area (Å²) in [5.41, 5.74) is 0.658. The van der Waals surface area contributed by atoms with Gasteiger partial charge in [-0.3, -0.25) is 0 Å². The minimum Gasteiger partial charge on any atom is -0.306 e. The van der Waals surface area contributed by atoms with Gasteiger partial charge in [0.1, 0.15) is 11.6 Å². The van der Waals surface area contributed by atoms with E-state index in [0.717, 1.165) is 25.7 Å². The molecule has 1 fully saturated rings. The molecule has 106 valence electrons. The van der Waals surface area contributed by atoms with Gasteiger partial charge in [-0.25, -0.2) is 8.78 Å². The Balaban J connectivity index is 1.90. The molecule has 4 heteroatoms. The van der Waals surface area contributed by atoms with Gasteiger partial charge in [0, 0.05) is 24.7 Å². The topological polar surface area (TPSA) is 15.3 Å². The van der Waals surface area contributed by atoms with E-state index >= 15 is 0 Å². The van der Waals surface area contributed by atoms with E-state index in [-0.39, 0.29) is 6.04 Å². The van der Waals surface area contributed by atoms with Crippen LogP contribution in [0, 0.1) is 11.6 Å². The normalized spacial score (nSPS) is 19.6. The van der Waals surface area contributed by atoms with Crippen LogP contribution in [0.3, 0.4) is 0 Å². The highest BCUT2D eigenvalue weighted by atomic mass is 19.1. The minimum atomic E-state index is -0.518. The smallest absolute Gasteiger partial charge is 0.126 e. The van der Waals surface area contributed by atoms with Crippen LogP contribution in [0.25, 0.3) is 0 Å². The maximum Gasteiger partial charge on any atom is 0.126 e. The van der Waals surface area contributed by atoms with Crippen LogP contribution >= 0.6 is 0 Å². The van der Waals surface area contributed by atoms with Gasteiger partial charge < -0.3 is 10.2 Å². The molecule has 2 atom stereocenters. The van der Waals surface area contributed by atoms with Gasteiger partial charge in [-0.15, -0.1) is 0 Å². The molecule has 19 heavy (non-hydrogen) atoms. The average Bonchev–Trinajstić information content (AvgIpc) is 2.80. The van der Waals surface area contributed by atoms with Crippen molar-refractivity contribution in [1.82, 2.24) is 10.2 Å². The van der Waals surface area contributed by atoms with Crippen molar-refractivity contribution in [3.8, 4) is 0 Å². The standard InChI is InChI=1S/C15H22F2N2/c1-11(10-19-5-3-4-6-19)18-12(2)13-7-14(16)9-15(17)8-13/h7-9,11-12,18H,3-6,10H2,1-2H3. The van der Waals surface area contributed by atoms with Gasteiger partial charge in [0.15, 0.2) is 0 Å². The summed E-state index contributed by atoms with van der Waals surface area (Å²) >= 11 is 0. The second kappa shape index (κ2) is 6.44. The van der Waals surface area contributed by atoms with Gasteiger partial charge in [-0.1, -0.05) is 0 Å². The summed E-state index contributed by atoms with van der Waals surface area (Å²) in [6.45, 7) is 7.37. The zero-order valence-electron chi connectivity index (χ0n) is 11.6. The second-order valence-electron chi connectivity index (χ2n) is 5.50. The molecule has 0 saturated carbocycles. The predicted octanol–water partition coefficient (Wildman–Crippen LogP) is 3.10. The Morgan fingerprint density at radius 3 is 2.26 bits per heavy atom. The molecule has 1 saturated heterocycles. The third-order valence-corrected chi connectivity index (χ3v) is 3.65. The molecule has 0 bridgehead atoms. The van der Waals surface area contributed by atoms with Gasteiger partial charge in [0.05, 0.1) is 0 Å². The van der Waals surface area contributed by atoms with Gasteiger partial charge in [0.25, 0.3) is 0 Å². The fraction of sp³-hybridized carbons (Fsp3) is 0.600. The molecule has 2 nitrogen and oxygen atoms in total. The van der Waals surface area contributed by atoms with Gasteiger partial charge >= 0.3 is 0 Å². The third kappa shape index (κ3) is 4.25. The molecule has 0 aliphatic carbocycles. The molecule has 0 radical (unpaired) electrons. The third-order valence-electron chi connectivity index (χ3n) is 3.65. The molecule has 1 N–H and O–H groups in total. The van der Waals surface area contributed by atoms with Crippen molar-refractivity contribution < 1.29 is 8.78 Å². The van der Waals surface area contributed by atoms with Crippen LogP contribution in [0.15, 0.2) is 18.2 Å². The number of hydrogen-bond donors (Lipinski definition) is 1. The van der Waals surface area contributed by atoms with Crippen LogP contribution in [0.2, 0.25) is 0 Å². The summed E-state index contributed by atoms with van der Waals surface area (Å²) in [7, 11) is 0. The zero-order valence-corrected chi connectivity index (χ0v) is 11.6. The van der Waals surface area contributed by atoms with Gasteiger partial charge in [0.2, 0.25) is 0 Å². The Bertz CT molecular complexity index is 396. The van der Waals surface area contributed by atoms with E-state index in [0.29, 0.717) is 11.6 Å². The summed E-state index contributed by atoms with van der Waals surface area (Å²) in [5.74, 6) is -1.04. The van der Waals surface area contributed by atoms with E-state index < -0.39 is 11.6 Å². The molecular formula is C15H22F2N2. The number of halogens is 2. The maximum atomic E-state index is 13.2. The molecular weight excluding hydrogens is 246 g/mol. The van der Waals surface area contributed by atoms with Crippen molar-refractivity contribution in [2.45, 2.75) is 38.8 Å². The molecule has 0 aromatic heterocycles. The van der Waals surface area contributed by atoms with Crippen LogP contribution in [0.4, 0.5) is 8.78 Å². The fourth-order valence-electron chi connectivity index (χ4n) is 2.75. The molecule has 0 spiro atoms. The first-order valence-electron chi connectivity index (χ1n) is 6.99. The molecule has 1 aromatic rings. The van der Waals surface area contributed by atoms with Crippen molar-refractivity contribution in [3.05, 3.63) is 35.4 Å². The number of benzene rings is 1. The molecule has 1 aromatic carbocycles. The molecule has 1 aliphatic rings. The summed E-state index contributed by atoms with van der Waals surface area (Å²) in [6.07, 6.45) is 2.55. The van der Waals surface area contributed by atoms with Crippen LogP contribution in [0.5, 0.6) is 0 Å². The van der Waals surface area contributed by atoms with Crippen LogP contribution in [-0.2, 0) is 0 Å². The maximum absolute atomic E-state index is 13.2. The van der Waals surface area contributed by atoms with Crippen LogP contribution in [-0.4, -0.2) is 30.6 Å². The SMILES string of the molecule is CC(CN1CCCC1)NC(C)c1cc(F)cc(F)c1. The first kappa shape index (κ1) is 14.4. The van der Waals surface area contributed by atoms with E-state index in [1.165, 1.54) is 25.0 Å². The number of likely N-dealkylation sites (tertiary alicyclic amines) is 1. The molecule has 2 rings (SSSR count). The first-order valence-corrected chi connectivity index (χ1v) is 6.99. The number of nitrogens with one attached hydrogen (secondary N) is 1. The highest BCUT2D eigenvalue weighted by Gasteiger charge is 2.17. The lowest BCUT2D eigenvalue weighted by Crippen LogP contribution is -2.39. The Morgan fingerprint density at radius 2 is 1.68 bits per heavy atom. The lowest BCUT2D eigenvalue weighted by Gasteiger charge is -2.25. The molecule has 1 heterocycles. The zero-order chi connectivity index (χ0) is 13.8. The Hall–Kier alpha value is -1.00. The number of rotatable bonds is 5. The summed E-state index contributed by atoms with van der Waals surface area (Å²) in [4.78, 5) is 2.43. The Kier molecular flexibility index (Phi) is 4.88. The van der Waals surface area contributed by atoms with Crippen molar-refractivity contribution in [2.24, 2.45) is 0 Å². The van der Waals surface area contributed by atoms with Crippen LogP contribution in [0.1, 0.15) is 38.3 Å². The molecule has 0 amide bonds. The predicted molar refractivity (Wildman–Crippen MR) is 73.0 cm³/mol. The lowest BCUT2D eigenvalue weighted by molar-refractivity contribution is 0.289. The Labute approximate surface area is 113 Å². The lowest BCUT2D eigenvalue weighted by atomic mass is 10.1. The first-order chi connectivity index (χ1) is 9.04. The quantitative estimate of drug-likeness (QED) is 0.882. The monoisotopic (exact) mass is 268 g/mol. The van der Waals surface area contributed by atoms with E-state index in [4.69, 9.17) is 0 Å². The van der Waals surface area contributed by atoms with Crippen molar-refractivity contribution in [1.29, 1.82) is 0 Å². The summed E-state index contributed by atoms with van der Waals surface area (Å²) in [5, 5.41) is 3.40. The number of nitrogens with zero attached hydrogens (tertiary/aromatic N) is 1. The van der Waals surface area contributed by atoms with Gasteiger partial charge in [-0.05, 0) is 57.5 Å². The van der Waals surface area contributed by atoms with Crippen LogP contribution < -0.4 is 5.32 Å². The minimum absolute atomic E-state index is 0.0530. The molecule has 2 unspecified atom stereocenters. The second-order valence-corrected chi connectivity index (χ2v) is 5.50. The average molecular weight is 268 g/mol. The summed E-state index contributed by atoms with van der Waals surface area (Å²) < 4.78 is 26.4. The fourth-order valence-corrected chi connectivity index (χ4v) is 2.75. The van der Waals surface area contributed by atoms with Crippen molar-refractivity contribution in [2.75, 3.05) is 19.6 Å². The number of hydrogen-bond acceptors (Lipinski definition) is 2. The Morgan fingerprint density at radius 1 is 1.11 bits per heavy atom. The van der Waals surface area contributed by atoms with E-state index in [1.807, 2.05) is 6.92 Å². The highest BCUT2D eigenvalue weighted by Crippen LogP contribution is 2.17.